The van der Waals surface area contributed by atoms with Crippen molar-refractivity contribution in [1.82, 2.24) is 14.5 Å². The number of ether oxygens (including phenoxy) is 1. The van der Waals surface area contributed by atoms with E-state index in [1.165, 1.54) is 6.33 Å². The van der Waals surface area contributed by atoms with Crippen LogP contribution in [-0.4, -0.2) is 14.5 Å². The first-order valence-electron chi connectivity index (χ1n) is 6.82. The number of hydrogen-bond acceptors (Lipinski definition) is 4. The fourth-order valence-corrected chi connectivity index (χ4v) is 2.26. The first-order valence-corrected chi connectivity index (χ1v) is 6.82. The second-order valence-corrected chi connectivity index (χ2v) is 5.91. The largest absolute Gasteiger partial charge is 0.455 e. The van der Waals surface area contributed by atoms with E-state index in [0.717, 1.165) is 16.8 Å². The smallest absolute Gasteiger partial charge is 0.158 e. The maximum atomic E-state index is 6.02. The molecule has 0 atom stereocenters. The molecule has 3 rings (SSSR count). The number of nitrogens with zero attached hydrogens (tertiary/aromatic N) is 3. The predicted molar refractivity (Wildman–Crippen MR) is 83.5 cm³/mol. The summed E-state index contributed by atoms with van der Waals surface area (Å²) in [5, 5.41) is 0.747. The van der Waals surface area contributed by atoms with Gasteiger partial charge in [-0.05, 0) is 32.9 Å². The molecule has 2 N–H and O–H groups in total. The number of benzene rings is 1. The Labute approximate surface area is 123 Å². The van der Waals surface area contributed by atoms with Gasteiger partial charge in [0.1, 0.15) is 28.9 Å². The number of hydrogen-bond donors (Lipinski definition) is 1. The Morgan fingerprint density at radius 2 is 1.81 bits per heavy atom. The fraction of sp³-hybridized carbons (Fsp3) is 0.250. The number of nitrogens with two attached hydrogens (primary N) is 1. The molecular weight excluding hydrogens is 264 g/mol. The van der Waals surface area contributed by atoms with E-state index in [2.05, 4.69) is 35.3 Å². The quantitative estimate of drug-likeness (QED) is 0.780. The van der Waals surface area contributed by atoms with Crippen molar-refractivity contribution in [3.63, 3.8) is 0 Å². The monoisotopic (exact) mass is 282 g/mol. The van der Waals surface area contributed by atoms with Crippen molar-refractivity contribution in [2.75, 3.05) is 5.73 Å². The Morgan fingerprint density at radius 1 is 1.10 bits per heavy atom. The lowest BCUT2D eigenvalue weighted by molar-refractivity contribution is 0.401. The summed E-state index contributed by atoms with van der Waals surface area (Å²) in [6.07, 6.45) is 3.41. The first kappa shape index (κ1) is 13.4. The standard InChI is InChI=1S/C16H18N4O/c1-16(2,3)20-9-12(21-11-7-5-4-6-8-11)13-14(17)18-10-19-15(13)20/h4-10H,1-3H3,(H2,17,18,19). The minimum atomic E-state index is -0.128. The lowest BCUT2D eigenvalue weighted by atomic mass is 10.1. The minimum Gasteiger partial charge on any atom is -0.455 e. The molecule has 0 bridgehead atoms. The molecule has 0 aliphatic rings. The van der Waals surface area contributed by atoms with Crippen LogP contribution >= 0.6 is 0 Å². The number of aromatic nitrogens is 3. The van der Waals surface area contributed by atoms with Crippen molar-refractivity contribution in [3.05, 3.63) is 42.9 Å². The Morgan fingerprint density at radius 3 is 2.48 bits per heavy atom. The molecule has 0 amide bonds. The molecule has 0 saturated heterocycles. The second-order valence-electron chi connectivity index (χ2n) is 5.91. The van der Waals surface area contributed by atoms with Crippen LogP contribution in [0, 0.1) is 0 Å². The molecule has 5 heteroatoms. The highest BCUT2D eigenvalue weighted by Gasteiger charge is 2.22. The Balaban J connectivity index is 2.19. The summed E-state index contributed by atoms with van der Waals surface area (Å²) in [7, 11) is 0. The van der Waals surface area contributed by atoms with Crippen molar-refractivity contribution >= 4 is 16.9 Å². The molecule has 108 valence electrons. The molecule has 0 aliphatic carbocycles. The molecule has 2 aromatic heterocycles. The SMILES string of the molecule is CC(C)(C)n1cc(Oc2ccccc2)c2c(N)ncnc21. The molecule has 0 unspecified atom stereocenters. The summed E-state index contributed by atoms with van der Waals surface area (Å²) in [6, 6.07) is 9.61. The average molecular weight is 282 g/mol. The van der Waals surface area contributed by atoms with Crippen molar-refractivity contribution in [3.8, 4) is 11.5 Å². The summed E-state index contributed by atoms with van der Waals surface area (Å²) in [5.74, 6) is 1.85. The number of para-hydroxylation sites is 1. The lowest BCUT2D eigenvalue weighted by Crippen LogP contribution is -2.21. The van der Waals surface area contributed by atoms with E-state index < -0.39 is 0 Å². The molecule has 3 aromatic rings. The Kier molecular flexibility index (Phi) is 3.05. The van der Waals surface area contributed by atoms with Gasteiger partial charge in [0.15, 0.2) is 5.75 Å². The number of fused-ring (bicyclic) bond motifs is 1. The molecule has 0 saturated carbocycles. The molecule has 1 aromatic carbocycles. The van der Waals surface area contributed by atoms with Crippen LogP contribution in [0.15, 0.2) is 42.9 Å². The summed E-state index contributed by atoms with van der Waals surface area (Å²) in [6.45, 7) is 6.32. The molecule has 0 aliphatic heterocycles. The van der Waals surface area contributed by atoms with Gasteiger partial charge in [0.2, 0.25) is 0 Å². The highest BCUT2D eigenvalue weighted by atomic mass is 16.5. The van der Waals surface area contributed by atoms with Gasteiger partial charge in [-0.2, -0.15) is 0 Å². The van der Waals surface area contributed by atoms with Crippen LogP contribution in [0.5, 0.6) is 11.5 Å². The van der Waals surface area contributed by atoms with Crippen LogP contribution in [0.2, 0.25) is 0 Å². The molecular formula is C16H18N4O. The Bertz CT molecular complexity index is 772. The van der Waals surface area contributed by atoms with Crippen molar-refractivity contribution in [2.45, 2.75) is 26.3 Å². The van der Waals surface area contributed by atoms with Crippen LogP contribution in [0.4, 0.5) is 5.82 Å². The van der Waals surface area contributed by atoms with Gasteiger partial charge in [-0.1, -0.05) is 18.2 Å². The molecule has 0 spiro atoms. The van der Waals surface area contributed by atoms with E-state index in [9.17, 15) is 0 Å². The van der Waals surface area contributed by atoms with E-state index >= 15 is 0 Å². The normalized spacial score (nSPS) is 11.8. The number of nitrogen functional groups attached to an aromatic ring is 1. The lowest BCUT2D eigenvalue weighted by Gasteiger charge is -2.21. The van der Waals surface area contributed by atoms with Gasteiger partial charge < -0.3 is 15.0 Å². The van der Waals surface area contributed by atoms with Crippen LogP contribution in [0.1, 0.15) is 20.8 Å². The van der Waals surface area contributed by atoms with Gasteiger partial charge in [-0.15, -0.1) is 0 Å². The van der Waals surface area contributed by atoms with Crippen LogP contribution in [0.3, 0.4) is 0 Å². The minimum absolute atomic E-state index is 0.128. The summed E-state index contributed by atoms with van der Waals surface area (Å²) in [5.41, 5.74) is 6.67. The van der Waals surface area contributed by atoms with Gasteiger partial charge >= 0.3 is 0 Å². The van der Waals surface area contributed by atoms with Gasteiger partial charge in [0, 0.05) is 11.7 Å². The first-order chi connectivity index (χ1) is 9.97. The van der Waals surface area contributed by atoms with E-state index in [-0.39, 0.29) is 5.54 Å². The highest BCUT2D eigenvalue weighted by Crippen LogP contribution is 2.36. The topological polar surface area (TPSA) is 66.0 Å². The van der Waals surface area contributed by atoms with Crippen LogP contribution < -0.4 is 10.5 Å². The van der Waals surface area contributed by atoms with Crippen molar-refractivity contribution in [2.24, 2.45) is 0 Å². The van der Waals surface area contributed by atoms with E-state index in [4.69, 9.17) is 10.5 Å². The molecule has 2 heterocycles. The second kappa shape index (κ2) is 4.77. The summed E-state index contributed by atoms with van der Waals surface area (Å²) >= 11 is 0. The van der Waals surface area contributed by atoms with Gasteiger partial charge in [0.05, 0.1) is 0 Å². The number of rotatable bonds is 2. The maximum Gasteiger partial charge on any atom is 0.158 e. The highest BCUT2D eigenvalue weighted by molar-refractivity contribution is 5.93. The third-order valence-corrected chi connectivity index (χ3v) is 3.27. The van der Waals surface area contributed by atoms with Gasteiger partial charge in [0.25, 0.3) is 0 Å². The molecule has 5 nitrogen and oxygen atoms in total. The van der Waals surface area contributed by atoms with Crippen LogP contribution in [0.25, 0.3) is 11.0 Å². The zero-order valence-corrected chi connectivity index (χ0v) is 12.4. The zero-order chi connectivity index (χ0) is 15.0. The summed E-state index contributed by atoms with van der Waals surface area (Å²) < 4.78 is 8.02. The predicted octanol–water partition coefficient (Wildman–Crippen LogP) is 3.56. The summed E-state index contributed by atoms with van der Waals surface area (Å²) in [4.78, 5) is 8.44. The van der Waals surface area contributed by atoms with Gasteiger partial charge in [-0.3, -0.25) is 0 Å². The molecule has 21 heavy (non-hydrogen) atoms. The van der Waals surface area contributed by atoms with E-state index in [1.807, 2.05) is 36.5 Å². The third-order valence-electron chi connectivity index (χ3n) is 3.27. The molecule has 0 fully saturated rings. The third kappa shape index (κ3) is 2.42. The van der Waals surface area contributed by atoms with E-state index in [0.29, 0.717) is 11.6 Å². The maximum absolute atomic E-state index is 6.02. The van der Waals surface area contributed by atoms with Gasteiger partial charge in [-0.25, -0.2) is 9.97 Å². The average Bonchev–Trinajstić information content (AvgIpc) is 2.80. The van der Waals surface area contributed by atoms with Crippen molar-refractivity contribution < 1.29 is 4.74 Å². The van der Waals surface area contributed by atoms with Crippen LogP contribution in [-0.2, 0) is 5.54 Å². The molecule has 0 radical (unpaired) electrons. The zero-order valence-electron chi connectivity index (χ0n) is 12.4. The number of anilines is 1. The fourth-order valence-electron chi connectivity index (χ4n) is 2.26. The van der Waals surface area contributed by atoms with Crippen molar-refractivity contribution in [1.29, 1.82) is 0 Å². The van der Waals surface area contributed by atoms with E-state index in [1.54, 1.807) is 0 Å². The Hall–Kier alpha value is -2.56.